The fraction of sp³-hybridized carbons (Fsp3) is 0.143. The fourth-order valence-corrected chi connectivity index (χ4v) is 0.655. The minimum atomic E-state index is -0.334. The lowest BCUT2D eigenvalue weighted by molar-refractivity contribution is -0.258. The van der Waals surface area contributed by atoms with Gasteiger partial charge in [0.15, 0.2) is 11.5 Å². The van der Waals surface area contributed by atoms with Crippen LogP contribution in [0.1, 0.15) is 0 Å². The lowest BCUT2D eigenvalue weighted by atomic mass is 10.3. The first-order valence-electron chi connectivity index (χ1n) is 2.89. The van der Waals surface area contributed by atoms with Crippen LogP contribution in [0.5, 0.6) is 5.75 Å². The van der Waals surface area contributed by atoms with Crippen molar-refractivity contribution in [1.82, 2.24) is 0 Å². The van der Waals surface area contributed by atoms with Crippen LogP contribution in [0.15, 0.2) is 18.2 Å². The topological polar surface area (TPSA) is 36.9 Å². The molecule has 0 atom stereocenters. The number of halogens is 1. The molecule has 0 saturated heterocycles. The Kier molecular flexibility index (Phi) is 1.87. The van der Waals surface area contributed by atoms with Crippen molar-refractivity contribution in [2.75, 3.05) is 7.11 Å². The van der Waals surface area contributed by atoms with Gasteiger partial charge in [0, 0.05) is 12.1 Å². The predicted molar refractivity (Wildman–Crippen MR) is 35.5 cm³/mol. The average Bonchev–Trinajstić information content (AvgIpc) is 1.95. The molecule has 0 aliphatic heterocycles. The van der Waals surface area contributed by atoms with Crippen molar-refractivity contribution in [1.29, 1.82) is 0 Å². The van der Waals surface area contributed by atoms with Gasteiger partial charge in [0.25, 0.3) is 0 Å². The third-order valence-electron chi connectivity index (χ3n) is 1.26. The summed E-state index contributed by atoms with van der Waals surface area (Å²) >= 11 is 0. The predicted octanol–water partition coefficient (Wildman–Crippen LogP) is 0.708. The van der Waals surface area contributed by atoms with Crippen molar-refractivity contribution in [2.24, 2.45) is 0 Å². The van der Waals surface area contributed by atoms with Crippen molar-refractivity contribution in [2.45, 2.75) is 0 Å². The van der Waals surface area contributed by atoms with E-state index < -0.39 is 0 Å². The molecular formula is C7H9FNO+. The number of hydrogen-bond donors (Lipinski definition) is 1. The highest BCUT2D eigenvalue weighted by Crippen LogP contribution is 2.15. The van der Waals surface area contributed by atoms with Gasteiger partial charge in [-0.25, -0.2) is 4.39 Å². The lowest BCUT2D eigenvalue weighted by Crippen LogP contribution is -2.41. The minimum Gasteiger partial charge on any atom is -0.497 e. The molecule has 0 bridgehead atoms. The zero-order chi connectivity index (χ0) is 7.56. The van der Waals surface area contributed by atoms with Crippen LogP contribution in [0.4, 0.5) is 10.1 Å². The first-order chi connectivity index (χ1) is 4.74. The zero-order valence-electron chi connectivity index (χ0n) is 5.73. The molecule has 54 valence electrons. The van der Waals surface area contributed by atoms with Gasteiger partial charge in [-0.15, -0.1) is 0 Å². The molecule has 0 aliphatic rings. The van der Waals surface area contributed by atoms with E-state index in [1.165, 1.54) is 13.2 Å². The van der Waals surface area contributed by atoms with E-state index in [2.05, 4.69) is 5.73 Å². The van der Waals surface area contributed by atoms with Crippen LogP contribution in [0.25, 0.3) is 0 Å². The van der Waals surface area contributed by atoms with Crippen LogP contribution in [0.2, 0.25) is 0 Å². The van der Waals surface area contributed by atoms with Crippen molar-refractivity contribution in [3.63, 3.8) is 0 Å². The second-order valence-corrected chi connectivity index (χ2v) is 1.96. The first kappa shape index (κ1) is 7.02. The molecule has 0 radical (unpaired) electrons. The Labute approximate surface area is 58.4 Å². The van der Waals surface area contributed by atoms with E-state index in [0.717, 1.165) is 0 Å². The summed E-state index contributed by atoms with van der Waals surface area (Å²) in [6.45, 7) is 0. The molecule has 10 heavy (non-hydrogen) atoms. The maximum Gasteiger partial charge on any atom is 0.187 e. The summed E-state index contributed by atoms with van der Waals surface area (Å²) < 4.78 is 17.4. The maximum absolute atomic E-state index is 12.6. The SMILES string of the molecule is COc1ccc([NH3+])c(F)c1. The first-order valence-corrected chi connectivity index (χ1v) is 2.89. The van der Waals surface area contributed by atoms with Crippen LogP contribution in [0, 0.1) is 5.82 Å². The van der Waals surface area contributed by atoms with E-state index >= 15 is 0 Å². The van der Waals surface area contributed by atoms with E-state index in [4.69, 9.17) is 4.74 Å². The van der Waals surface area contributed by atoms with Gasteiger partial charge in [0.2, 0.25) is 0 Å². The molecule has 0 amide bonds. The Morgan fingerprint density at radius 2 is 2.20 bits per heavy atom. The zero-order valence-corrected chi connectivity index (χ0v) is 5.73. The molecule has 0 unspecified atom stereocenters. The summed E-state index contributed by atoms with van der Waals surface area (Å²) in [5.74, 6) is 0.184. The molecule has 0 spiro atoms. The summed E-state index contributed by atoms with van der Waals surface area (Å²) in [7, 11) is 1.50. The molecule has 1 aromatic carbocycles. The number of quaternary nitrogens is 1. The standard InChI is InChI=1S/C7H8FNO/c1-10-5-2-3-7(9)6(8)4-5/h2-4H,9H2,1H3/p+1. The van der Waals surface area contributed by atoms with E-state index in [0.29, 0.717) is 11.4 Å². The van der Waals surface area contributed by atoms with Gasteiger partial charge < -0.3 is 10.5 Å². The van der Waals surface area contributed by atoms with Gasteiger partial charge in [-0.2, -0.15) is 0 Å². The van der Waals surface area contributed by atoms with Crippen LogP contribution in [-0.4, -0.2) is 7.11 Å². The Balaban J connectivity index is 3.04. The highest BCUT2D eigenvalue weighted by Gasteiger charge is 2.01. The van der Waals surface area contributed by atoms with Crippen LogP contribution in [-0.2, 0) is 0 Å². The smallest absolute Gasteiger partial charge is 0.187 e. The van der Waals surface area contributed by atoms with Crippen molar-refractivity contribution in [3.05, 3.63) is 24.0 Å². The molecule has 3 heteroatoms. The Hall–Kier alpha value is -1.09. The molecule has 0 aromatic heterocycles. The third-order valence-corrected chi connectivity index (χ3v) is 1.26. The Morgan fingerprint density at radius 3 is 2.70 bits per heavy atom. The van der Waals surface area contributed by atoms with Crippen LogP contribution in [0.3, 0.4) is 0 Å². The number of benzene rings is 1. The molecule has 0 heterocycles. The van der Waals surface area contributed by atoms with Crippen LogP contribution < -0.4 is 10.5 Å². The molecule has 0 aliphatic carbocycles. The maximum atomic E-state index is 12.6. The molecular weight excluding hydrogens is 133 g/mol. The number of ether oxygens (including phenoxy) is 1. The van der Waals surface area contributed by atoms with E-state index in [1.807, 2.05) is 0 Å². The second kappa shape index (κ2) is 2.66. The molecule has 0 fully saturated rings. The monoisotopic (exact) mass is 142 g/mol. The second-order valence-electron chi connectivity index (χ2n) is 1.96. The van der Waals surface area contributed by atoms with E-state index in [1.54, 1.807) is 12.1 Å². The quantitative estimate of drug-likeness (QED) is 0.616. The minimum absolute atomic E-state index is 0.334. The molecule has 3 N–H and O–H groups in total. The Bertz CT molecular complexity index is 237. The van der Waals surface area contributed by atoms with Crippen LogP contribution >= 0.6 is 0 Å². The lowest BCUT2D eigenvalue weighted by Gasteiger charge is -1.97. The van der Waals surface area contributed by atoms with Gasteiger partial charge in [-0.1, -0.05) is 0 Å². The summed E-state index contributed by atoms with van der Waals surface area (Å²) in [6, 6.07) is 4.56. The Morgan fingerprint density at radius 1 is 1.50 bits per heavy atom. The van der Waals surface area contributed by atoms with Gasteiger partial charge in [0.1, 0.15) is 5.75 Å². The molecule has 0 saturated carbocycles. The average molecular weight is 142 g/mol. The van der Waals surface area contributed by atoms with E-state index in [-0.39, 0.29) is 5.82 Å². The fourth-order valence-electron chi connectivity index (χ4n) is 0.655. The van der Waals surface area contributed by atoms with E-state index in [9.17, 15) is 4.39 Å². The third kappa shape index (κ3) is 1.25. The van der Waals surface area contributed by atoms with Gasteiger partial charge >= 0.3 is 0 Å². The summed E-state index contributed by atoms with van der Waals surface area (Å²) in [5.41, 5.74) is 3.85. The highest BCUT2D eigenvalue weighted by molar-refractivity contribution is 5.36. The van der Waals surface area contributed by atoms with Crippen molar-refractivity contribution < 1.29 is 14.9 Å². The number of hydrogen-bond acceptors (Lipinski definition) is 1. The normalized spacial score (nSPS) is 9.50. The molecule has 1 aromatic rings. The summed E-state index contributed by atoms with van der Waals surface area (Å²) in [6.07, 6.45) is 0. The molecule has 1 rings (SSSR count). The summed E-state index contributed by atoms with van der Waals surface area (Å²) in [5, 5.41) is 0. The van der Waals surface area contributed by atoms with Gasteiger partial charge in [-0.3, -0.25) is 0 Å². The largest absolute Gasteiger partial charge is 0.497 e. The van der Waals surface area contributed by atoms with Gasteiger partial charge in [-0.05, 0) is 6.07 Å². The highest BCUT2D eigenvalue weighted by atomic mass is 19.1. The number of rotatable bonds is 1. The molecule has 2 nitrogen and oxygen atoms in total. The van der Waals surface area contributed by atoms with Gasteiger partial charge in [0.05, 0.1) is 7.11 Å². The van der Waals surface area contributed by atoms with Crippen molar-refractivity contribution in [3.8, 4) is 5.75 Å². The number of methoxy groups -OCH3 is 1. The summed E-state index contributed by atoms with van der Waals surface area (Å²) in [4.78, 5) is 0. The van der Waals surface area contributed by atoms with Crippen molar-refractivity contribution >= 4 is 5.69 Å².